The van der Waals surface area contributed by atoms with Gasteiger partial charge in [-0.1, -0.05) is 19.1 Å². The third-order valence-corrected chi connectivity index (χ3v) is 3.44. The molecule has 0 spiro atoms. The van der Waals surface area contributed by atoms with Crippen LogP contribution in [0.2, 0.25) is 0 Å². The van der Waals surface area contributed by atoms with Crippen LogP contribution in [0, 0.1) is 5.92 Å². The van der Waals surface area contributed by atoms with Crippen LogP contribution in [0.4, 0.5) is 8.78 Å². The summed E-state index contributed by atoms with van der Waals surface area (Å²) in [5.74, 6) is -2.51. The molecule has 0 fully saturated rings. The number of alkyl halides is 2. The molecule has 4 nitrogen and oxygen atoms in total. The van der Waals surface area contributed by atoms with Crippen LogP contribution in [0.3, 0.4) is 0 Å². The lowest BCUT2D eigenvalue weighted by molar-refractivity contribution is -0.172. The van der Waals surface area contributed by atoms with Crippen molar-refractivity contribution in [2.45, 2.75) is 32.3 Å². The maximum Gasteiger partial charge on any atom is 0.318 e. The summed E-state index contributed by atoms with van der Waals surface area (Å²) in [6, 6.07) is 6.03. The number of rotatable bonds is 7. The van der Waals surface area contributed by atoms with Crippen molar-refractivity contribution in [1.82, 2.24) is 0 Å². The Balaban J connectivity index is 3.22. The van der Waals surface area contributed by atoms with Gasteiger partial charge in [0.05, 0.1) is 13.7 Å². The third-order valence-electron chi connectivity index (χ3n) is 3.44. The highest BCUT2D eigenvalue weighted by atomic mass is 19.3. The Labute approximate surface area is 122 Å². The van der Waals surface area contributed by atoms with Crippen molar-refractivity contribution in [3.8, 4) is 5.75 Å². The van der Waals surface area contributed by atoms with E-state index in [1.54, 1.807) is 19.1 Å². The number of hydrogen-bond acceptors (Lipinski definition) is 4. The summed E-state index contributed by atoms with van der Waals surface area (Å²) in [6.45, 7) is 3.04. The van der Waals surface area contributed by atoms with E-state index >= 15 is 0 Å². The van der Waals surface area contributed by atoms with Gasteiger partial charge in [0, 0.05) is 0 Å². The van der Waals surface area contributed by atoms with Crippen molar-refractivity contribution in [2.24, 2.45) is 5.92 Å². The van der Waals surface area contributed by atoms with Crippen LogP contribution in [0.1, 0.15) is 25.8 Å². The molecule has 0 aliphatic heterocycles. The molecule has 0 aliphatic rings. The smallest absolute Gasteiger partial charge is 0.318 e. The summed E-state index contributed by atoms with van der Waals surface area (Å²) in [6.07, 6.45) is -3.08. The average molecular weight is 302 g/mol. The minimum Gasteiger partial charge on any atom is -0.497 e. The molecule has 1 N–H and O–H groups in total. The number of methoxy groups -OCH3 is 1. The minimum atomic E-state index is -3.03. The van der Waals surface area contributed by atoms with Gasteiger partial charge in [-0.05, 0) is 31.0 Å². The number of esters is 1. The average Bonchev–Trinajstić information content (AvgIpc) is 2.47. The molecular formula is C15H20F2O4. The maximum absolute atomic E-state index is 13.3. The predicted octanol–water partition coefficient (Wildman–Crippen LogP) is 2.74. The second kappa shape index (κ2) is 7.36. The van der Waals surface area contributed by atoms with Gasteiger partial charge in [-0.15, -0.1) is 0 Å². The number of benzene rings is 1. The number of carbonyl (C=O) groups is 1. The number of halogens is 2. The zero-order chi connectivity index (χ0) is 16.0. The predicted molar refractivity (Wildman–Crippen MR) is 73.3 cm³/mol. The molecule has 2 unspecified atom stereocenters. The molecule has 6 heteroatoms. The molecule has 21 heavy (non-hydrogen) atoms. The van der Waals surface area contributed by atoms with Crippen LogP contribution in [0.15, 0.2) is 24.3 Å². The van der Waals surface area contributed by atoms with Crippen molar-refractivity contribution < 1.29 is 28.2 Å². The van der Waals surface area contributed by atoms with Crippen molar-refractivity contribution in [3.63, 3.8) is 0 Å². The van der Waals surface area contributed by atoms with E-state index in [2.05, 4.69) is 4.74 Å². The molecule has 0 saturated carbocycles. The van der Waals surface area contributed by atoms with Crippen molar-refractivity contribution >= 4 is 5.97 Å². The standard InChI is InChI=1S/C15H20F2O4/c1-4-15(19,10-6-8-11(20-3)9-7-10)12(13(16)17)14(18)21-5-2/h6-9,12-13,19H,4-5H2,1-3H3. The van der Waals surface area contributed by atoms with Gasteiger partial charge in [-0.3, -0.25) is 4.79 Å². The second-order valence-electron chi connectivity index (χ2n) is 4.57. The molecule has 0 aliphatic carbocycles. The topological polar surface area (TPSA) is 55.8 Å². The molecule has 0 heterocycles. The second-order valence-corrected chi connectivity index (χ2v) is 4.57. The minimum absolute atomic E-state index is 0.0234. The van der Waals surface area contributed by atoms with E-state index in [4.69, 9.17) is 4.74 Å². The Hall–Kier alpha value is -1.69. The number of carbonyl (C=O) groups excluding carboxylic acids is 1. The molecular weight excluding hydrogens is 282 g/mol. The Bertz CT molecular complexity index is 461. The largest absolute Gasteiger partial charge is 0.497 e. The van der Waals surface area contributed by atoms with Crippen LogP contribution < -0.4 is 4.74 Å². The lowest BCUT2D eigenvalue weighted by Crippen LogP contribution is -2.44. The van der Waals surface area contributed by atoms with Gasteiger partial charge in [-0.2, -0.15) is 0 Å². The SMILES string of the molecule is CCOC(=O)C(C(F)F)C(O)(CC)c1ccc(OC)cc1. The molecule has 1 aromatic rings. The first-order valence-corrected chi connectivity index (χ1v) is 6.72. The molecule has 0 bridgehead atoms. The van der Waals surface area contributed by atoms with Crippen molar-refractivity contribution in [3.05, 3.63) is 29.8 Å². The van der Waals surface area contributed by atoms with Gasteiger partial charge in [0.15, 0.2) is 5.92 Å². The van der Waals surface area contributed by atoms with E-state index in [9.17, 15) is 18.7 Å². The number of aliphatic hydroxyl groups is 1. The maximum atomic E-state index is 13.3. The van der Waals surface area contributed by atoms with Crippen molar-refractivity contribution in [1.29, 1.82) is 0 Å². The van der Waals surface area contributed by atoms with Gasteiger partial charge in [0.2, 0.25) is 0 Å². The Kier molecular flexibility index (Phi) is 6.08. The highest BCUT2D eigenvalue weighted by Crippen LogP contribution is 2.38. The van der Waals surface area contributed by atoms with Crippen LogP contribution >= 0.6 is 0 Å². The summed E-state index contributed by atoms with van der Waals surface area (Å²) >= 11 is 0. The van der Waals surface area contributed by atoms with Crippen molar-refractivity contribution in [2.75, 3.05) is 13.7 Å². The van der Waals surface area contributed by atoms with E-state index in [0.29, 0.717) is 5.75 Å². The van der Waals surface area contributed by atoms with Gasteiger partial charge >= 0.3 is 5.97 Å². The first-order valence-electron chi connectivity index (χ1n) is 6.72. The highest BCUT2D eigenvalue weighted by Gasteiger charge is 2.48. The summed E-state index contributed by atoms with van der Waals surface area (Å²) in [4.78, 5) is 11.8. The lowest BCUT2D eigenvalue weighted by atomic mass is 9.79. The molecule has 1 rings (SSSR count). The normalized spacial score (nSPS) is 15.4. The summed E-state index contributed by atoms with van der Waals surface area (Å²) < 4.78 is 36.3. The molecule has 118 valence electrons. The Morgan fingerprint density at radius 3 is 2.24 bits per heavy atom. The van der Waals surface area contributed by atoms with E-state index in [-0.39, 0.29) is 18.6 Å². The van der Waals surface area contributed by atoms with Crippen LogP contribution in [-0.2, 0) is 15.1 Å². The summed E-state index contributed by atoms with van der Waals surface area (Å²) in [5.41, 5.74) is -1.77. The van der Waals surface area contributed by atoms with Gasteiger partial charge in [-0.25, -0.2) is 8.78 Å². The molecule has 1 aromatic carbocycles. The van der Waals surface area contributed by atoms with E-state index in [0.717, 1.165) is 0 Å². The highest BCUT2D eigenvalue weighted by molar-refractivity contribution is 5.74. The third kappa shape index (κ3) is 3.69. The summed E-state index contributed by atoms with van der Waals surface area (Å²) in [5, 5.41) is 10.7. The molecule has 0 aromatic heterocycles. The number of ether oxygens (including phenoxy) is 2. The molecule has 2 atom stereocenters. The first kappa shape index (κ1) is 17.4. The monoisotopic (exact) mass is 302 g/mol. The fourth-order valence-corrected chi connectivity index (χ4v) is 2.22. The zero-order valence-corrected chi connectivity index (χ0v) is 12.3. The van der Waals surface area contributed by atoms with Crippen LogP contribution in [0.25, 0.3) is 0 Å². The number of hydrogen-bond donors (Lipinski definition) is 1. The van der Waals surface area contributed by atoms with Gasteiger partial charge in [0.25, 0.3) is 6.43 Å². The Morgan fingerprint density at radius 2 is 1.86 bits per heavy atom. The van der Waals surface area contributed by atoms with Gasteiger partial charge in [0.1, 0.15) is 11.4 Å². The van der Waals surface area contributed by atoms with Crippen LogP contribution in [0.5, 0.6) is 5.75 Å². The molecule has 0 amide bonds. The first-order chi connectivity index (χ1) is 9.90. The van der Waals surface area contributed by atoms with E-state index < -0.39 is 23.9 Å². The fraction of sp³-hybridized carbons (Fsp3) is 0.533. The van der Waals surface area contributed by atoms with Crippen LogP contribution in [-0.4, -0.2) is 31.2 Å². The Morgan fingerprint density at radius 1 is 1.29 bits per heavy atom. The molecule has 0 saturated heterocycles. The lowest BCUT2D eigenvalue weighted by Gasteiger charge is -2.34. The quantitative estimate of drug-likeness (QED) is 0.787. The summed E-state index contributed by atoms with van der Waals surface area (Å²) in [7, 11) is 1.47. The van der Waals surface area contributed by atoms with E-state index in [1.165, 1.54) is 26.2 Å². The fourth-order valence-electron chi connectivity index (χ4n) is 2.22. The van der Waals surface area contributed by atoms with E-state index in [1.807, 2.05) is 0 Å². The molecule has 0 radical (unpaired) electrons. The van der Waals surface area contributed by atoms with Gasteiger partial charge < -0.3 is 14.6 Å². The zero-order valence-electron chi connectivity index (χ0n) is 12.3.